The van der Waals surface area contributed by atoms with Crippen molar-refractivity contribution in [3.63, 3.8) is 0 Å². The molecule has 3 fully saturated rings. The molecule has 252 valence electrons. The van der Waals surface area contributed by atoms with Crippen LogP contribution in [0.15, 0.2) is 42.7 Å². The molecule has 3 atom stereocenters. The van der Waals surface area contributed by atoms with E-state index in [-0.39, 0.29) is 12.0 Å². The highest BCUT2D eigenvalue weighted by molar-refractivity contribution is 7.90. The van der Waals surface area contributed by atoms with Gasteiger partial charge in [0.2, 0.25) is 0 Å². The van der Waals surface area contributed by atoms with Gasteiger partial charge in [0, 0.05) is 43.5 Å². The van der Waals surface area contributed by atoms with Crippen molar-refractivity contribution < 1.29 is 23.0 Å². The van der Waals surface area contributed by atoms with Gasteiger partial charge in [0.05, 0.1) is 23.5 Å². The maximum atomic E-state index is 11.5. The SMILES string of the molecule is CCC(Cc1nccc(-n2ccc3c(OCCCS(C)(=O)=O)cccc32)n1)C1CCC(C2OC2N2CCC(C(C)(C)O)CC2)CC1. The van der Waals surface area contributed by atoms with Gasteiger partial charge in [-0.2, -0.15) is 0 Å². The van der Waals surface area contributed by atoms with Crippen LogP contribution in [0.2, 0.25) is 0 Å². The normalized spacial score (nSPS) is 25.5. The summed E-state index contributed by atoms with van der Waals surface area (Å²) < 4.78 is 37.2. The molecule has 10 heteroatoms. The minimum atomic E-state index is -3.00. The van der Waals surface area contributed by atoms with E-state index in [4.69, 9.17) is 19.4 Å². The zero-order chi connectivity index (χ0) is 32.5. The summed E-state index contributed by atoms with van der Waals surface area (Å²) in [5.74, 6) is 4.88. The Hall–Kier alpha value is -2.53. The van der Waals surface area contributed by atoms with Crippen LogP contribution in [0.5, 0.6) is 5.75 Å². The fourth-order valence-electron chi connectivity index (χ4n) is 8.03. The van der Waals surface area contributed by atoms with Crippen molar-refractivity contribution in [2.75, 3.05) is 31.7 Å². The van der Waals surface area contributed by atoms with E-state index in [2.05, 4.69) is 22.5 Å². The van der Waals surface area contributed by atoms with Gasteiger partial charge in [-0.3, -0.25) is 4.90 Å². The lowest BCUT2D eigenvalue weighted by molar-refractivity contribution is -0.0188. The van der Waals surface area contributed by atoms with Crippen LogP contribution in [0, 0.1) is 23.7 Å². The number of hydrogen-bond donors (Lipinski definition) is 1. The Morgan fingerprint density at radius 1 is 1.09 bits per heavy atom. The van der Waals surface area contributed by atoms with Crippen molar-refractivity contribution in [2.24, 2.45) is 23.7 Å². The molecule has 0 amide bonds. The highest BCUT2D eigenvalue weighted by Gasteiger charge is 2.50. The predicted molar refractivity (Wildman–Crippen MR) is 181 cm³/mol. The van der Waals surface area contributed by atoms with Gasteiger partial charge in [-0.1, -0.05) is 19.4 Å². The largest absolute Gasteiger partial charge is 0.493 e. The maximum Gasteiger partial charge on any atom is 0.147 e. The number of rotatable bonds is 13. The summed E-state index contributed by atoms with van der Waals surface area (Å²) >= 11 is 0. The fourth-order valence-corrected chi connectivity index (χ4v) is 8.67. The van der Waals surface area contributed by atoms with Gasteiger partial charge >= 0.3 is 0 Å². The molecular weight excluding hydrogens is 600 g/mol. The Bertz CT molecular complexity index is 1570. The molecular formula is C36H52N4O5S. The van der Waals surface area contributed by atoms with Crippen molar-refractivity contribution in [1.29, 1.82) is 0 Å². The first-order valence-corrected chi connectivity index (χ1v) is 19.4. The van der Waals surface area contributed by atoms with Gasteiger partial charge in [0.25, 0.3) is 0 Å². The number of nitrogens with zero attached hydrogens (tertiary/aromatic N) is 4. The van der Waals surface area contributed by atoms with Crippen molar-refractivity contribution >= 4 is 20.7 Å². The van der Waals surface area contributed by atoms with Crippen LogP contribution in [0.4, 0.5) is 0 Å². The van der Waals surface area contributed by atoms with Crippen molar-refractivity contribution in [2.45, 2.75) is 96.5 Å². The number of sulfone groups is 1. The Morgan fingerprint density at radius 2 is 1.85 bits per heavy atom. The third-order valence-corrected chi connectivity index (χ3v) is 11.9. The second-order valence-corrected chi connectivity index (χ2v) is 16.8. The molecule has 46 heavy (non-hydrogen) atoms. The summed E-state index contributed by atoms with van der Waals surface area (Å²) in [4.78, 5) is 12.2. The van der Waals surface area contributed by atoms with E-state index in [0.717, 1.165) is 67.1 Å². The Balaban J connectivity index is 1.02. The monoisotopic (exact) mass is 652 g/mol. The van der Waals surface area contributed by atoms with E-state index in [1.807, 2.05) is 50.5 Å². The summed E-state index contributed by atoms with van der Waals surface area (Å²) in [5, 5.41) is 11.4. The molecule has 1 aromatic carbocycles. The molecule has 3 aromatic rings. The second-order valence-electron chi connectivity index (χ2n) is 14.5. The lowest BCUT2D eigenvalue weighted by Crippen LogP contribution is -2.43. The molecule has 2 aliphatic heterocycles. The van der Waals surface area contributed by atoms with Crippen molar-refractivity contribution in [1.82, 2.24) is 19.4 Å². The van der Waals surface area contributed by atoms with Gasteiger partial charge in [-0.15, -0.1) is 0 Å². The first-order valence-electron chi connectivity index (χ1n) is 17.3. The maximum absolute atomic E-state index is 11.5. The van der Waals surface area contributed by atoms with Crippen LogP contribution in [-0.4, -0.2) is 82.6 Å². The molecule has 1 N–H and O–H groups in total. The molecule has 2 saturated heterocycles. The average Bonchev–Trinajstić information content (AvgIpc) is 3.72. The molecule has 9 nitrogen and oxygen atoms in total. The standard InChI is InChI=1S/C36H52N4O5S/c1-5-25(26-10-12-27(13-11-26)34-35(45-34)39-19-15-28(16-20-39)36(2,3)41)24-32-37-18-14-33(38-32)40-21-17-29-30(40)8-6-9-31(29)44-22-7-23-46(4,42)43/h6,8-9,14,17-18,21,25-28,34-35,41H,5,7,10-13,15-16,19-20,22-24H2,1-4H3. The summed E-state index contributed by atoms with van der Waals surface area (Å²) in [5.41, 5.74) is 0.412. The molecule has 0 radical (unpaired) electrons. The van der Waals surface area contributed by atoms with Crippen molar-refractivity contribution in [3.05, 3.63) is 48.5 Å². The Kier molecular flexibility index (Phi) is 10.1. The lowest BCUT2D eigenvalue weighted by atomic mass is 9.73. The minimum Gasteiger partial charge on any atom is -0.493 e. The van der Waals surface area contributed by atoms with Crippen LogP contribution in [-0.2, 0) is 21.0 Å². The quantitative estimate of drug-likeness (QED) is 0.182. The van der Waals surface area contributed by atoms with E-state index >= 15 is 0 Å². The van der Waals surface area contributed by atoms with E-state index in [0.29, 0.717) is 42.8 Å². The second kappa shape index (κ2) is 13.9. The van der Waals surface area contributed by atoms with Gasteiger partial charge in [-0.05, 0) is 107 Å². The minimum absolute atomic E-state index is 0.119. The van der Waals surface area contributed by atoms with E-state index in [9.17, 15) is 13.5 Å². The molecule has 0 spiro atoms. The number of likely N-dealkylation sites (tertiary alicyclic amines) is 1. The van der Waals surface area contributed by atoms with Crippen LogP contribution < -0.4 is 4.74 Å². The zero-order valence-corrected chi connectivity index (χ0v) is 28.8. The predicted octanol–water partition coefficient (Wildman–Crippen LogP) is 5.82. The summed E-state index contributed by atoms with van der Waals surface area (Å²) in [6, 6.07) is 9.93. The van der Waals surface area contributed by atoms with Gasteiger partial charge in [-0.25, -0.2) is 18.4 Å². The molecule has 0 bridgehead atoms. The van der Waals surface area contributed by atoms with Gasteiger partial charge < -0.3 is 19.1 Å². The highest BCUT2D eigenvalue weighted by atomic mass is 32.2. The van der Waals surface area contributed by atoms with E-state index < -0.39 is 15.4 Å². The number of aromatic nitrogens is 3. The zero-order valence-electron chi connectivity index (χ0n) is 28.0. The third kappa shape index (κ3) is 7.94. The first kappa shape index (κ1) is 33.4. The highest BCUT2D eigenvalue weighted by Crippen LogP contribution is 2.45. The molecule has 3 aliphatic rings. The number of aliphatic hydroxyl groups is 1. The molecule has 3 unspecified atom stereocenters. The molecule has 2 aromatic heterocycles. The van der Waals surface area contributed by atoms with Crippen molar-refractivity contribution in [3.8, 4) is 11.6 Å². The van der Waals surface area contributed by atoms with E-state index in [1.54, 1.807) is 0 Å². The Morgan fingerprint density at radius 3 is 2.54 bits per heavy atom. The van der Waals surface area contributed by atoms with E-state index in [1.165, 1.54) is 31.9 Å². The molecule has 4 heterocycles. The van der Waals surface area contributed by atoms with Crippen LogP contribution in [0.3, 0.4) is 0 Å². The number of ether oxygens (including phenoxy) is 2. The van der Waals surface area contributed by atoms with Crippen LogP contribution in [0.25, 0.3) is 16.7 Å². The summed E-state index contributed by atoms with van der Waals surface area (Å²) in [6.07, 6.45) is 15.3. The average molecular weight is 653 g/mol. The lowest BCUT2D eigenvalue weighted by Gasteiger charge is -2.37. The summed E-state index contributed by atoms with van der Waals surface area (Å²) in [7, 11) is -3.00. The van der Waals surface area contributed by atoms with Gasteiger partial charge in [0.15, 0.2) is 0 Å². The number of hydrogen-bond acceptors (Lipinski definition) is 8. The molecule has 1 saturated carbocycles. The van der Waals surface area contributed by atoms with Crippen LogP contribution in [0.1, 0.15) is 78.0 Å². The smallest absolute Gasteiger partial charge is 0.147 e. The molecule has 1 aliphatic carbocycles. The number of epoxide rings is 1. The van der Waals surface area contributed by atoms with Crippen LogP contribution >= 0.6 is 0 Å². The topological polar surface area (TPSA) is 110 Å². The number of piperidine rings is 1. The summed E-state index contributed by atoms with van der Waals surface area (Å²) in [6.45, 7) is 8.61. The number of benzene rings is 1. The number of fused-ring (bicyclic) bond motifs is 1. The first-order chi connectivity index (χ1) is 22.0. The third-order valence-electron chi connectivity index (χ3n) is 10.9. The fraction of sp³-hybridized carbons (Fsp3) is 0.667. The van der Waals surface area contributed by atoms with Gasteiger partial charge in [0.1, 0.15) is 39.6 Å². The Labute approximate surface area is 274 Å². The molecule has 6 rings (SSSR count).